The van der Waals surface area contributed by atoms with Crippen LogP contribution >= 0.6 is 0 Å². The fraction of sp³-hybridized carbons (Fsp3) is 0.182. The van der Waals surface area contributed by atoms with Crippen LogP contribution < -0.4 is 0 Å². The lowest BCUT2D eigenvalue weighted by molar-refractivity contribution is 0.922. The van der Waals surface area contributed by atoms with E-state index in [0.29, 0.717) is 0 Å². The predicted molar refractivity (Wildman–Crippen MR) is 97.5 cm³/mol. The highest BCUT2D eigenvalue weighted by Gasteiger charge is 1.90. The van der Waals surface area contributed by atoms with Crippen LogP contribution in [0.2, 0.25) is 0 Å². The van der Waals surface area contributed by atoms with Gasteiger partial charge in [0, 0.05) is 0 Å². The van der Waals surface area contributed by atoms with E-state index < -0.39 is 0 Å². The van der Waals surface area contributed by atoms with Gasteiger partial charge >= 0.3 is 0 Å². The van der Waals surface area contributed by atoms with Gasteiger partial charge in [0.2, 0.25) is 0 Å². The maximum Gasteiger partial charge on any atom is -0.0109 e. The van der Waals surface area contributed by atoms with Crippen LogP contribution in [-0.2, 0) is 6.42 Å². The second kappa shape index (κ2) is 8.70. The van der Waals surface area contributed by atoms with Crippen molar-refractivity contribution in [3.63, 3.8) is 0 Å². The number of allylic oxidation sites excluding steroid dienone is 2. The van der Waals surface area contributed by atoms with E-state index >= 15 is 0 Å². The third-order valence-corrected chi connectivity index (χ3v) is 3.40. The molecular weight excluding hydrogens is 264 g/mol. The molecule has 0 aliphatic heterocycles. The van der Waals surface area contributed by atoms with Crippen molar-refractivity contribution in [2.75, 3.05) is 0 Å². The van der Waals surface area contributed by atoms with Crippen LogP contribution in [0.5, 0.6) is 0 Å². The second-order valence-electron chi connectivity index (χ2n) is 5.36. The van der Waals surface area contributed by atoms with Gasteiger partial charge in [-0.3, -0.25) is 0 Å². The molecule has 22 heavy (non-hydrogen) atoms. The number of rotatable bonds is 4. The Morgan fingerprint density at radius 2 is 1.27 bits per heavy atom. The van der Waals surface area contributed by atoms with E-state index in [1.807, 2.05) is 24.3 Å². The lowest BCUT2D eigenvalue weighted by Gasteiger charge is -1.98. The Labute approximate surface area is 134 Å². The van der Waals surface area contributed by atoms with Crippen LogP contribution in [0.4, 0.5) is 0 Å². The molecule has 110 valence electrons. The third kappa shape index (κ3) is 5.46. The fourth-order valence-electron chi connectivity index (χ4n) is 2.13. The van der Waals surface area contributed by atoms with Crippen molar-refractivity contribution < 1.29 is 0 Å². The van der Waals surface area contributed by atoms with Gasteiger partial charge in [-0.1, -0.05) is 79.3 Å². The van der Waals surface area contributed by atoms with Gasteiger partial charge in [0.05, 0.1) is 0 Å². The molecule has 0 spiro atoms. The highest BCUT2D eigenvalue weighted by atomic mass is 14.0. The van der Waals surface area contributed by atoms with E-state index in [2.05, 4.69) is 74.2 Å². The van der Waals surface area contributed by atoms with Gasteiger partial charge in [0.15, 0.2) is 0 Å². The first-order valence-electron chi connectivity index (χ1n) is 7.77. The van der Waals surface area contributed by atoms with Crippen LogP contribution in [0.15, 0.2) is 60.7 Å². The van der Waals surface area contributed by atoms with E-state index in [0.717, 1.165) is 6.42 Å². The Morgan fingerprint density at radius 3 is 1.77 bits per heavy atom. The molecule has 0 saturated carbocycles. The first kappa shape index (κ1) is 15.9. The smallest absolute Gasteiger partial charge is 0.0109 e. The fourth-order valence-corrected chi connectivity index (χ4v) is 2.13. The molecule has 0 nitrogen and oxygen atoms in total. The topological polar surface area (TPSA) is 0 Å². The molecule has 0 amide bonds. The first-order chi connectivity index (χ1) is 10.8. The minimum absolute atomic E-state index is 1.15. The second-order valence-corrected chi connectivity index (χ2v) is 5.36. The van der Waals surface area contributed by atoms with Gasteiger partial charge in [0.25, 0.3) is 0 Å². The average molecular weight is 286 g/mol. The zero-order valence-corrected chi connectivity index (χ0v) is 13.3. The highest BCUT2D eigenvalue weighted by molar-refractivity contribution is 5.56. The summed E-state index contributed by atoms with van der Waals surface area (Å²) in [6, 6.07) is 17.1. The van der Waals surface area contributed by atoms with Gasteiger partial charge in [-0.2, -0.15) is 0 Å². The summed E-state index contributed by atoms with van der Waals surface area (Å²) < 4.78 is 0. The predicted octanol–water partition coefficient (Wildman–Crippen LogP) is 5.68. The summed E-state index contributed by atoms with van der Waals surface area (Å²) in [7, 11) is 0. The molecule has 0 fully saturated rings. The SMILES string of the molecule is CCCc1ccc(/C=C/C#C/C=C/c2ccc(C)cc2)cc1. The Kier molecular flexibility index (Phi) is 6.27. The summed E-state index contributed by atoms with van der Waals surface area (Å²) in [6.45, 7) is 4.29. The summed E-state index contributed by atoms with van der Waals surface area (Å²) in [4.78, 5) is 0. The number of benzene rings is 2. The maximum atomic E-state index is 3.04. The van der Waals surface area contributed by atoms with Crippen LogP contribution in [0, 0.1) is 18.8 Å². The lowest BCUT2D eigenvalue weighted by atomic mass is 10.1. The zero-order valence-electron chi connectivity index (χ0n) is 13.3. The van der Waals surface area contributed by atoms with Gasteiger partial charge in [-0.15, -0.1) is 0 Å². The Balaban J connectivity index is 1.88. The normalized spacial score (nSPS) is 10.8. The van der Waals surface area contributed by atoms with Crippen molar-refractivity contribution in [3.05, 3.63) is 82.9 Å². The van der Waals surface area contributed by atoms with Crippen LogP contribution in [0.25, 0.3) is 12.2 Å². The van der Waals surface area contributed by atoms with Crippen LogP contribution in [0.3, 0.4) is 0 Å². The molecule has 0 heteroatoms. The van der Waals surface area contributed by atoms with Gasteiger partial charge in [-0.05, 0) is 54.3 Å². The number of hydrogen-bond acceptors (Lipinski definition) is 0. The minimum Gasteiger partial charge on any atom is -0.0702 e. The molecule has 0 unspecified atom stereocenters. The Morgan fingerprint density at radius 1 is 0.773 bits per heavy atom. The van der Waals surface area contributed by atoms with Crippen molar-refractivity contribution in [2.45, 2.75) is 26.7 Å². The van der Waals surface area contributed by atoms with Crippen molar-refractivity contribution in [1.82, 2.24) is 0 Å². The van der Waals surface area contributed by atoms with E-state index in [1.54, 1.807) is 0 Å². The summed E-state index contributed by atoms with van der Waals surface area (Å²) in [6.07, 6.45) is 10.2. The molecule has 0 bridgehead atoms. The molecule has 2 rings (SSSR count). The van der Waals surface area contributed by atoms with Gasteiger partial charge in [0.1, 0.15) is 0 Å². The summed E-state index contributed by atoms with van der Waals surface area (Å²) in [5, 5.41) is 0. The monoisotopic (exact) mass is 286 g/mol. The number of hydrogen-bond donors (Lipinski definition) is 0. The lowest BCUT2D eigenvalue weighted by Crippen LogP contribution is -1.81. The highest BCUT2D eigenvalue weighted by Crippen LogP contribution is 2.08. The molecule has 0 aliphatic carbocycles. The summed E-state index contributed by atoms with van der Waals surface area (Å²) in [5.41, 5.74) is 5.04. The quantitative estimate of drug-likeness (QED) is 0.634. The molecule has 0 atom stereocenters. The molecular formula is C22H22. The molecule has 2 aromatic carbocycles. The minimum atomic E-state index is 1.15. The Bertz CT molecular complexity index is 686. The maximum absolute atomic E-state index is 3.04. The Hall–Kier alpha value is -2.52. The van der Waals surface area contributed by atoms with Crippen molar-refractivity contribution >= 4 is 12.2 Å². The average Bonchev–Trinajstić information content (AvgIpc) is 2.54. The molecule has 0 saturated heterocycles. The molecule has 0 heterocycles. The van der Waals surface area contributed by atoms with Crippen molar-refractivity contribution in [2.24, 2.45) is 0 Å². The molecule has 0 aromatic heterocycles. The summed E-state index contributed by atoms with van der Waals surface area (Å²) >= 11 is 0. The molecule has 0 N–H and O–H groups in total. The van der Waals surface area contributed by atoms with E-state index in [9.17, 15) is 0 Å². The zero-order chi connectivity index (χ0) is 15.6. The number of aryl methyl sites for hydroxylation is 2. The molecule has 0 aliphatic rings. The van der Waals surface area contributed by atoms with Crippen LogP contribution in [-0.4, -0.2) is 0 Å². The van der Waals surface area contributed by atoms with Crippen molar-refractivity contribution in [3.8, 4) is 11.8 Å². The largest absolute Gasteiger partial charge is 0.0702 e. The molecule has 0 radical (unpaired) electrons. The van der Waals surface area contributed by atoms with E-state index in [4.69, 9.17) is 0 Å². The van der Waals surface area contributed by atoms with Gasteiger partial charge in [-0.25, -0.2) is 0 Å². The van der Waals surface area contributed by atoms with E-state index in [-0.39, 0.29) is 0 Å². The molecule has 2 aromatic rings. The van der Waals surface area contributed by atoms with Crippen molar-refractivity contribution in [1.29, 1.82) is 0 Å². The third-order valence-electron chi connectivity index (χ3n) is 3.40. The van der Waals surface area contributed by atoms with Gasteiger partial charge < -0.3 is 0 Å². The standard InChI is InChI=1S/C22H22/c1-3-8-20-15-17-22(18-16-20)10-7-5-4-6-9-21-13-11-19(2)12-14-21/h6-7,9-18H,3,8H2,1-2H3/b9-6+,10-7+. The van der Waals surface area contributed by atoms with Crippen LogP contribution in [0.1, 0.15) is 35.6 Å². The van der Waals surface area contributed by atoms with E-state index in [1.165, 1.54) is 28.7 Å². The summed E-state index contributed by atoms with van der Waals surface area (Å²) in [5.74, 6) is 6.07. The first-order valence-corrected chi connectivity index (χ1v) is 7.77.